The van der Waals surface area contributed by atoms with Crippen LogP contribution in [0, 0.1) is 0 Å². The number of nitrogens with two attached hydrogens (primary N) is 2. The summed E-state index contributed by atoms with van der Waals surface area (Å²) in [5, 5.41) is 33.2. The Labute approximate surface area is 273 Å². The van der Waals surface area contributed by atoms with Crippen LogP contribution in [0.15, 0.2) is 0 Å². The average Bonchev–Trinajstić information content (AvgIpc) is 2.97. The number of hydrogen-bond acceptors (Lipinski definition) is 14. The molecule has 0 aromatic rings. The highest BCUT2D eigenvalue weighted by atomic mass is 16.5. The normalized spacial score (nSPS) is 16.3. The first-order valence-corrected chi connectivity index (χ1v) is 15.2. The van der Waals surface area contributed by atoms with E-state index in [0.29, 0.717) is 26.1 Å². The van der Waals surface area contributed by atoms with Crippen LogP contribution < -0.4 is 22.1 Å². The Bertz CT molecular complexity index is 991. The second-order valence-electron chi connectivity index (χ2n) is 10.8. The molecule has 270 valence electrons. The van der Waals surface area contributed by atoms with Gasteiger partial charge in [0.15, 0.2) is 0 Å². The molecular formula is C27H50N8O12. The summed E-state index contributed by atoms with van der Waals surface area (Å²) >= 11 is 0. The largest absolute Gasteiger partial charge is 0.480 e. The summed E-state index contributed by atoms with van der Waals surface area (Å²) in [6.45, 7) is 0.982. The fourth-order valence-electron chi connectivity index (χ4n) is 4.57. The maximum Gasteiger partial charge on any atom is 0.317 e. The first kappa shape index (κ1) is 41.5. The number of carboxylic acid groups (broad SMARTS) is 3. The smallest absolute Gasteiger partial charge is 0.317 e. The topological polar surface area (TPSA) is 280 Å². The first-order chi connectivity index (χ1) is 22.4. The lowest BCUT2D eigenvalue weighted by Crippen LogP contribution is -2.53. The van der Waals surface area contributed by atoms with Crippen LogP contribution in [-0.4, -0.2) is 189 Å². The highest BCUT2D eigenvalue weighted by molar-refractivity contribution is 5.87. The molecule has 3 amide bonds. The molecule has 0 aliphatic carbocycles. The van der Waals surface area contributed by atoms with E-state index >= 15 is 0 Å². The Morgan fingerprint density at radius 2 is 1.13 bits per heavy atom. The molecular weight excluding hydrogens is 628 g/mol. The van der Waals surface area contributed by atoms with Gasteiger partial charge in [-0.15, -0.1) is 0 Å². The molecule has 0 spiro atoms. The van der Waals surface area contributed by atoms with Crippen LogP contribution in [0.25, 0.3) is 0 Å². The number of carbonyl (C=O) groups excluding carboxylic acids is 3. The molecule has 1 saturated heterocycles. The Morgan fingerprint density at radius 1 is 0.660 bits per heavy atom. The zero-order chi connectivity index (χ0) is 35.0. The van der Waals surface area contributed by atoms with E-state index in [-0.39, 0.29) is 111 Å². The Morgan fingerprint density at radius 3 is 1.60 bits per heavy atom. The summed E-state index contributed by atoms with van der Waals surface area (Å²) < 4.78 is 15.4. The summed E-state index contributed by atoms with van der Waals surface area (Å²) in [6.07, 6.45) is 1.18. The van der Waals surface area contributed by atoms with Gasteiger partial charge in [-0.2, -0.15) is 0 Å². The third-order valence-corrected chi connectivity index (χ3v) is 6.72. The predicted molar refractivity (Wildman–Crippen MR) is 164 cm³/mol. The van der Waals surface area contributed by atoms with Gasteiger partial charge in [-0.1, -0.05) is 0 Å². The molecule has 0 bridgehead atoms. The lowest BCUT2D eigenvalue weighted by atomic mass is 10.1. The van der Waals surface area contributed by atoms with Crippen molar-refractivity contribution >= 4 is 35.6 Å². The number of carboxylic acids is 3. The number of primary amides is 1. The van der Waals surface area contributed by atoms with Crippen LogP contribution >= 0.6 is 0 Å². The zero-order valence-electron chi connectivity index (χ0n) is 26.7. The first-order valence-electron chi connectivity index (χ1n) is 15.2. The molecule has 1 aliphatic rings. The number of unbranched alkanes of at least 4 members (excludes halogenated alkanes) is 1. The number of hydrogen-bond donors (Lipinski definition) is 7. The van der Waals surface area contributed by atoms with Crippen molar-refractivity contribution in [2.45, 2.75) is 25.3 Å². The molecule has 0 unspecified atom stereocenters. The van der Waals surface area contributed by atoms with E-state index < -0.39 is 35.8 Å². The van der Waals surface area contributed by atoms with Crippen molar-refractivity contribution in [1.29, 1.82) is 0 Å². The van der Waals surface area contributed by atoms with Gasteiger partial charge in [0.05, 0.1) is 72.7 Å². The van der Waals surface area contributed by atoms with Crippen molar-refractivity contribution < 1.29 is 58.3 Å². The minimum absolute atomic E-state index is 0.0421. The Balaban J connectivity index is 2.53. The van der Waals surface area contributed by atoms with Gasteiger partial charge in [-0.3, -0.25) is 48.4 Å². The van der Waals surface area contributed by atoms with Gasteiger partial charge >= 0.3 is 17.9 Å². The molecule has 47 heavy (non-hydrogen) atoms. The van der Waals surface area contributed by atoms with E-state index in [1.54, 1.807) is 14.7 Å². The molecule has 0 aromatic carbocycles. The monoisotopic (exact) mass is 678 g/mol. The van der Waals surface area contributed by atoms with Gasteiger partial charge in [0.25, 0.3) is 0 Å². The molecule has 9 N–H and O–H groups in total. The number of carbonyl (C=O) groups is 6. The van der Waals surface area contributed by atoms with Gasteiger partial charge < -0.3 is 51.6 Å². The molecule has 1 atom stereocenters. The standard InChI is InChI=1S/C27H50N8O12/c28-18-47-12-10-45-9-11-46-17-23(37)31-21(27(29)44)3-1-2-4-30-22(36)13-32-5-6-34(15-25(40)41)20-35(16-26(42)43)8-7-33(19-32)14-24(38)39/h21H,1-20,28H2,(H2,29,44)(H,30,36)(H,31,37)(H,38,39)(H,40,41)(H,42,43)/t21-/m0/s1. The fourth-order valence-corrected chi connectivity index (χ4v) is 4.57. The summed E-state index contributed by atoms with van der Waals surface area (Å²) in [7, 11) is 0. The zero-order valence-corrected chi connectivity index (χ0v) is 26.7. The minimum Gasteiger partial charge on any atom is -0.480 e. The number of rotatable bonds is 24. The van der Waals surface area contributed by atoms with Gasteiger partial charge in [-0.05, 0) is 19.3 Å². The molecule has 1 heterocycles. The number of nitrogens with one attached hydrogen (secondary N) is 2. The van der Waals surface area contributed by atoms with Crippen LogP contribution in [0.1, 0.15) is 19.3 Å². The van der Waals surface area contributed by atoms with Crippen LogP contribution in [0.3, 0.4) is 0 Å². The summed E-state index contributed by atoms with van der Waals surface area (Å²) in [6, 6.07) is -0.916. The third kappa shape index (κ3) is 21.8. The molecule has 20 heteroatoms. The Hall–Kier alpha value is -3.50. The predicted octanol–water partition coefficient (Wildman–Crippen LogP) is -4.40. The highest BCUT2D eigenvalue weighted by Gasteiger charge is 2.24. The fraction of sp³-hybridized carbons (Fsp3) is 0.778. The molecule has 1 aliphatic heterocycles. The molecule has 0 saturated carbocycles. The van der Waals surface area contributed by atoms with Crippen LogP contribution in [0.4, 0.5) is 0 Å². The van der Waals surface area contributed by atoms with E-state index in [4.69, 9.17) is 25.7 Å². The van der Waals surface area contributed by atoms with E-state index in [2.05, 4.69) is 10.6 Å². The molecule has 20 nitrogen and oxygen atoms in total. The number of nitrogens with zero attached hydrogens (tertiary/aromatic N) is 4. The molecule has 1 rings (SSSR count). The van der Waals surface area contributed by atoms with E-state index in [9.17, 15) is 44.1 Å². The van der Waals surface area contributed by atoms with Crippen molar-refractivity contribution in [3.63, 3.8) is 0 Å². The number of aliphatic carboxylic acids is 3. The summed E-state index contributed by atoms with van der Waals surface area (Å²) in [4.78, 5) is 77.2. The lowest BCUT2D eigenvalue weighted by Gasteiger charge is -2.36. The van der Waals surface area contributed by atoms with E-state index in [0.717, 1.165) is 0 Å². The van der Waals surface area contributed by atoms with E-state index in [1.165, 1.54) is 4.90 Å². The minimum atomic E-state index is -1.09. The molecule has 0 aromatic heterocycles. The average molecular weight is 679 g/mol. The van der Waals surface area contributed by atoms with Crippen LogP contribution in [0.2, 0.25) is 0 Å². The second-order valence-corrected chi connectivity index (χ2v) is 10.8. The van der Waals surface area contributed by atoms with Gasteiger partial charge in [0, 0.05) is 32.7 Å². The van der Waals surface area contributed by atoms with E-state index in [1.807, 2.05) is 0 Å². The highest BCUT2D eigenvalue weighted by Crippen LogP contribution is 2.05. The quantitative estimate of drug-likeness (QED) is 0.0375. The maximum absolute atomic E-state index is 12.8. The summed E-state index contributed by atoms with van der Waals surface area (Å²) in [5.41, 5.74) is 10.6. The van der Waals surface area contributed by atoms with Crippen molar-refractivity contribution in [2.75, 3.05) is 112 Å². The summed E-state index contributed by atoms with van der Waals surface area (Å²) in [5.74, 6) is -4.83. The molecule has 0 radical (unpaired) electrons. The number of amides is 3. The Kier molecular flexibility index (Phi) is 21.8. The van der Waals surface area contributed by atoms with Crippen molar-refractivity contribution in [2.24, 2.45) is 11.5 Å². The maximum atomic E-state index is 12.8. The van der Waals surface area contributed by atoms with Gasteiger partial charge in [0.1, 0.15) is 12.6 Å². The SMILES string of the molecule is NCOCCOCCOCC(=O)N[C@@H](CCCCNC(=O)CN1CCN(CC(=O)O)CN(CC(=O)O)CCN(CC(=O)O)C1)C(N)=O. The molecule has 1 fully saturated rings. The van der Waals surface area contributed by atoms with Crippen molar-refractivity contribution in [3.8, 4) is 0 Å². The van der Waals surface area contributed by atoms with Crippen molar-refractivity contribution in [3.05, 3.63) is 0 Å². The second kappa shape index (κ2) is 24.6. The van der Waals surface area contributed by atoms with Crippen LogP contribution in [-0.2, 0) is 43.0 Å². The van der Waals surface area contributed by atoms with Crippen molar-refractivity contribution in [1.82, 2.24) is 30.2 Å². The third-order valence-electron chi connectivity index (χ3n) is 6.72. The van der Waals surface area contributed by atoms with Gasteiger partial charge in [0.2, 0.25) is 17.7 Å². The number of ether oxygens (including phenoxy) is 3. The van der Waals surface area contributed by atoms with Gasteiger partial charge in [-0.25, -0.2) is 0 Å². The van der Waals surface area contributed by atoms with Crippen LogP contribution in [0.5, 0.6) is 0 Å². The lowest BCUT2D eigenvalue weighted by molar-refractivity contribution is -0.142.